The number of Topliss-reactive ketones (excluding diaryl/α,β-unsaturated/α-hetero) is 1. The van der Waals surface area contributed by atoms with Crippen LogP contribution in [0, 0.1) is 11.8 Å². The molecule has 1 aliphatic carbocycles. The maximum Gasteiger partial charge on any atom is 0.418 e. The Morgan fingerprint density at radius 3 is 2.66 bits per heavy atom. The third-order valence-electron chi connectivity index (χ3n) is 6.97. The third-order valence-corrected chi connectivity index (χ3v) is 6.97. The lowest BCUT2D eigenvalue weighted by Gasteiger charge is -2.39. The monoisotopic (exact) mass is 448 g/mol. The summed E-state index contributed by atoms with van der Waals surface area (Å²) in [7, 11) is 0. The molecule has 2 aliphatic rings. The Kier molecular flexibility index (Phi) is 6.48. The van der Waals surface area contributed by atoms with E-state index in [4.69, 9.17) is 0 Å². The molecule has 1 aromatic carbocycles. The summed E-state index contributed by atoms with van der Waals surface area (Å²) in [5, 5.41) is 11.2. The Hall–Kier alpha value is -2.15. The quantitative estimate of drug-likeness (QED) is 0.632. The van der Waals surface area contributed by atoms with E-state index in [-0.39, 0.29) is 23.6 Å². The fourth-order valence-corrected chi connectivity index (χ4v) is 5.64. The van der Waals surface area contributed by atoms with Gasteiger partial charge in [-0.15, -0.1) is 0 Å². The lowest BCUT2D eigenvalue weighted by Crippen LogP contribution is -2.41. The van der Waals surface area contributed by atoms with Crippen LogP contribution in [-0.4, -0.2) is 34.6 Å². The van der Waals surface area contributed by atoms with Gasteiger partial charge in [0.2, 0.25) is 0 Å². The molecule has 0 amide bonds. The highest BCUT2D eigenvalue weighted by Crippen LogP contribution is 2.39. The molecule has 2 atom stereocenters. The van der Waals surface area contributed by atoms with Gasteiger partial charge in [-0.2, -0.15) is 13.2 Å². The Labute approximate surface area is 186 Å². The van der Waals surface area contributed by atoms with Crippen LogP contribution >= 0.6 is 0 Å². The van der Waals surface area contributed by atoms with Crippen LogP contribution in [-0.2, 0) is 11.0 Å². The van der Waals surface area contributed by atoms with Crippen molar-refractivity contribution in [2.75, 3.05) is 18.0 Å². The largest absolute Gasteiger partial charge is 0.418 e. The summed E-state index contributed by atoms with van der Waals surface area (Å²) < 4.78 is 40.4. The van der Waals surface area contributed by atoms with E-state index in [2.05, 4.69) is 16.8 Å². The molecule has 0 unspecified atom stereocenters. The number of aromatic nitrogens is 1. The molecule has 0 radical (unpaired) electrons. The van der Waals surface area contributed by atoms with Crippen molar-refractivity contribution in [2.24, 2.45) is 11.8 Å². The highest BCUT2D eigenvalue weighted by molar-refractivity contribution is 5.94. The molecule has 1 saturated heterocycles. The average molecular weight is 449 g/mol. The van der Waals surface area contributed by atoms with Crippen LogP contribution in [0.3, 0.4) is 0 Å². The molecule has 1 N–H and O–H groups in total. The molecule has 4 rings (SSSR count). The molecule has 4 nitrogen and oxygen atoms in total. The molecule has 7 heteroatoms. The highest BCUT2D eigenvalue weighted by atomic mass is 19.4. The standard InChI is InChI=1S/C25H31F3N2O2/c1-17-12-18(13-19(31)14-24(32)9-3-2-4-10-24)16-30(15-17)22-8-7-21(25(26,27)28)23-20(22)6-5-11-29-23/h5-8,11,17-18,32H,2-4,9-10,12-16H2,1H3/t17-,18-/m0/s1. The second-order valence-electron chi connectivity index (χ2n) is 9.85. The van der Waals surface area contributed by atoms with Gasteiger partial charge in [-0.1, -0.05) is 26.2 Å². The van der Waals surface area contributed by atoms with E-state index in [9.17, 15) is 23.1 Å². The third kappa shape index (κ3) is 5.08. The number of aliphatic hydroxyl groups is 1. The van der Waals surface area contributed by atoms with Gasteiger partial charge in [-0.25, -0.2) is 0 Å². The first-order chi connectivity index (χ1) is 15.1. The van der Waals surface area contributed by atoms with Crippen LogP contribution in [0.15, 0.2) is 30.5 Å². The maximum atomic E-state index is 13.5. The van der Waals surface area contributed by atoms with Crippen molar-refractivity contribution in [1.29, 1.82) is 0 Å². The van der Waals surface area contributed by atoms with Gasteiger partial charge in [-0.3, -0.25) is 9.78 Å². The normalized spacial score (nSPS) is 24.0. The van der Waals surface area contributed by atoms with E-state index in [1.807, 2.05) is 0 Å². The minimum atomic E-state index is -4.46. The van der Waals surface area contributed by atoms with E-state index in [0.29, 0.717) is 37.1 Å². The molecule has 2 heterocycles. The van der Waals surface area contributed by atoms with Gasteiger partial charge < -0.3 is 10.0 Å². The van der Waals surface area contributed by atoms with Gasteiger partial charge in [0.15, 0.2) is 0 Å². The van der Waals surface area contributed by atoms with Crippen molar-refractivity contribution in [3.8, 4) is 0 Å². The Balaban J connectivity index is 1.52. The van der Waals surface area contributed by atoms with Crippen LogP contribution in [0.2, 0.25) is 0 Å². The zero-order chi connectivity index (χ0) is 22.9. The molecule has 0 spiro atoms. The molecular weight excluding hydrogens is 417 g/mol. The number of hydrogen-bond donors (Lipinski definition) is 1. The van der Waals surface area contributed by atoms with E-state index in [0.717, 1.165) is 44.0 Å². The van der Waals surface area contributed by atoms with Gasteiger partial charge in [0.05, 0.1) is 16.7 Å². The average Bonchev–Trinajstić information content (AvgIpc) is 2.71. The number of rotatable bonds is 5. The second-order valence-corrected chi connectivity index (χ2v) is 9.85. The van der Waals surface area contributed by atoms with Crippen LogP contribution in [0.25, 0.3) is 10.9 Å². The second kappa shape index (κ2) is 9.00. The number of fused-ring (bicyclic) bond motifs is 1. The molecule has 1 aromatic heterocycles. The molecule has 0 bridgehead atoms. The number of alkyl halides is 3. The Bertz CT molecular complexity index is 969. The van der Waals surface area contributed by atoms with E-state index >= 15 is 0 Å². The Morgan fingerprint density at radius 2 is 1.94 bits per heavy atom. The molecule has 32 heavy (non-hydrogen) atoms. The van der Waals surface area contributed by atoms with Crippen LogP contribution in [0.4, 0.5) is 18.9 Å². The smallest absolute Gasteiger partial charge is 0.389 e. The Morgan fingerprint density at radius 1 is 1.19 bits per heavy atom. The zero-order valence-electron chi connectivity index (χ0n) is 18.5. The predicted molar refractivity (Wildman–Crippen MR) is 119 cm³/mol. The number of hydrogen-bond acceptors (Lipinski definition) is 4. The van der Waals surface area contributed by atoms with Crippen molar-refractivity contribution in [3.05, 3.63) is 36.0 Å². The number of piperidine rings is 1. The fraction of sp³-hybridized carbons (Fsp3) is 0.600. The molecule has 2 fully saturated rings. The lowest BCUT2D eigenvalue weighted by atomic mass is 9.79. The fourth-order valence-electron chi connectivity index (χ4n) is 5.64. The number of pyridine rings is 1. The van der Waals surface area contributed by atoms with Gasteiger partial charge >= 0.3 is 6.18 Å². The molecular formula is C25H31F3N2O2. The lowest BCUT2D eigenvalue weighted by molar-refractivity contribution is -0.136. The van der Waals surface area contributed by atoms with E-state index < -0.39 is 17.3 Å². The number of halogens is 3. The first kappa shape index (κ1) is 23.0. The molecule has 2 aromatic rings. The van der Waals surface area contributed by atoms with Gasteiger partial charge in [0.1, 0.15) is 5.78 Å². The molecule has 1 aliphatic heterocycles. The number of carbonyl (C=O) groups is 1. The first-order valence-electron chi connectivity index (χ1n) is 11.6. The number of anilines is 1. The number of nitrogens with zero attached hydrogens (tertiary/aromatic N) is 2. The molecule has 174 valence electrons. The first-order valence-corrected chi connectivity index (χ1v) is 11.6. The summed E-state index contributed by atoms with van der Waals surface area (Å²) in [6.07, 6.45) is 2.86. The SMILES string of the molecule is C[C@H]1C[C@@H](CC(=O)CC2(O)CCCCC2)CN(c2ccc(C(F)(F)F)c3ncccc23)C1. The van der Waals surface area contributed by atoms with Gasteiger partial charge in [-0.05, 0) is 55.4 Å². The van der Waals surface area contributed by atoms with Crippen LogP contribution < -0.4 is 4.90 Å². The van der Waals surface area contributed by atoms with Gasteiger partial charge in [0.25, 0.3) is 0 Å². The summed E-state index contributed by atoms with van der Waals surface area (Å²) in [4.78, 5) is 18.9. The number of ketones is 1. The summed E-state index contributed by atoms with van der Waals surface area (Å²) in [6, 6.07) is 5.99. The minimum absolute atomic E-state index is 0.0390. The minimum Gasteiger partial charge on any atom is -0.389 e. The van der Waals surface area contributed by atoms with Gasteiger partial charge in [0, 0.05) is 43.2 Å². The topological polar surface area (TPSA) is 53.4 Å². The maximum absolute atomic E-state index is 13.5. The van der Waals surface area contributed by atoms with Crippen molar-refractivity contribution in [1.82, 2.24) is 4.98 Å². The summed E-state index contributed by atoms with van der Waals surface area (Å²) >= 11 is 0. The van der Waals surface area contributed by atoms with Crippen LogP contribution in [0.5, 0.6) is 0 Å². The summed E-state index contributed by atoms with van der Waals surface area (Å²) in [5.74, 6) is 0.521. The molecule has 1 saturated carbocycles. The van der Waals surface area contributed by atoms with Crippen molar-refractivity contribution >= 4 is 22.4 Å². The highest BCUT2D eigenvalue weighted by Gasteiger charge is 2.36. The van der Waals surface area contributed by atoms with E-state index in [1.54, 1.807) is 12.1 Å². The number of carbonyl (C=O) groups excluding carboxylic acids is 1. The van der Waals surface area contributed by atoms with Crippen LogP contribution in [0.1, 0.15) is 63.9 Å². The number of benzene rings is 1. The predicted octanol–water partition coefficient (Wildman–Crippen LogP) is 5.76. The zero-order valence-corrected chi connectivity index (χ0v) is 18.5. The van der Waals surface area contributed by atoms with Crippen molar-refractivity contribution in [2.45, 2.75) is 70.1 Å². The van der Waals surface area contributed by atoms with Crippen molar-refractivity contribution in [3.63, 3.8) is 0 Å². The van der Waals surface area contributed by atoms with Crippen molar-refractivity contribution < 1.29 is 23.1 Å². The summed E-state index contributed by atoms with van der Waals surface area (Å²) in [5.41, 5.74) is -0.891. The summed E-state index contributed by atoms with van der Waals surface area (Å²) in [6.45, 7) is 3.46. The van der Waals surface area contributed by atoms with E-state index in [1.165, 1.54) is 12.3 Å².